The number of ether oxygens (including phenoxy) is 1. The number of benzene rings is 1. The molecule has 0 bridgehead atoms. The van der Waals surface area contributed by atoms with Gasteiger partial charge in [0.2, 0.25) is 0 Å². The molecule has 0 aliphatic carbocycles. The van der Waals surface area contributed by atoms with Gasteiger partial charge in [0.1, 0.15) is 5.52 Å². The van der Waals surface area contributed by atoms with Gasteiger partial charge >= 0.3 is 6.01 Å². The van der Waals surface area contributed by atoms with Gasteiger partial charge in [-0.2, -0.15) is 4.98 Å². The third-order valence-electron chi connectivity index (χ3n) is 2.45. The lowest BCUT2D eigenvalue weighted by atomic mass is 10.3. The van der Waals surface area contributed by atoms with Crippen LogP contribution >= 0.6 is 0 Å². The molecule has 1 heterocycles. The largest absolute Gasteiger partial charge is 0.462 e. The second-order valence-corrected chi connectivity index (χ2v) is 4.39. The van der Waals surface area contributed by atoms with Gasteiger partial charge in [0.15, 0.2) is 0 Å². The maximum atomic E-state index is 5.47. The highest BCUT2D eigenvalue weighted by Crippen LogP contribution is 2.09. The SMILES string of the molecule is CC(C)NCCCOc1nnc2ccccc2n1. The van der Waals surface area contributed by atoms with Crippen LogP contribution in [0.1, 0.15) is 20.3 Å². The molecule has 0 atom stereocenters. The Hall–Kier alpha value is -1.75. The molecule has 2 rings (SSSR count). The molecule has 0 fully saturated rings. The third kappa shape index (κ3) is 3.63. The van der Waals surface area contributed by atoms with Crippen molar-refractivity contribution >= 4 is 11.0 Å². The van der Waals surface area contributed by atoms with Crippen molar-refractivity contribution in [2.75, 3.05) is 13.2 Å². The highest BCUT2D eigenvalue weighted by Gasteiger charge is 2.01. The van der Waals surface area contributed by atoms with Gasteiger partial charge in [0.05, 0.1) is 12.1 Å². The normalized spacial score (nSPS) is 11.1. The summed E-state index contributed by atoms with van der Waals surface area (Å²) in [6.45, 7) is 5.77. The summed E-state index contributed by atoms with van der Waals surface area (Å²) in [6, 6.07) is 8.47. The van der Waals surface area contributed by atoms with Crippen LogP contribution in [0.4, 0.5) is 0 Å². The van der Waals surface area contributed by atoms with Crippen molar-refractivity contribution in [2.45, 2.75) is 26.3 Å². The standard InChI is InChI=1S/C13H18N4O/c1-10(2)14-8-5-9-18-13-15-11-6-3-4-7-12(11)16-17-13/h3-4,6-7,10,14H,5,8-9H2,1-2H3. The van der Waals surface area contributed by atoms with E-state index in [1.165, 1.54) is 0 Å². The van der Waals surface area contributed by atoms with Gasteiger partial charge in [-0.15, -0.1) is 5.10 Å². The minimum atomic E-state index is 0.346. The molecule has 0 spiro atoms. The zero-order valence-electron chi connectivity index (χ0n) is 10.8. The van der Waals surface area contributed by atoms with E-state index < -0.39 is 0 Å². The van der Waals surface area contributed by atoms with Crippen LogP contribution in [-0.2, 0) is 0 Å². The van der Waals surface area contributed by atoms with Crippen molar-refractivity contribution in [3.63, 3.8) is 0 Å². The second-order valence-electron chi connectivity index (χ2n) is 4.39. The predicted octanol–water partition coefficient (Wildman–Crippen LogP) is 1.79. The van der Waals surface area contributed by atoms with Gasteiger partial charge in [0.25, 0.3) is 0 Å². The molecule has 0 radical (unpaired) electrons. The molecule has 0 aliphatic rings. The molecule has 0 saturated carbocycles. The molecule has 18 heavy (non-hydrogen) atoms. The molecular weight excluding hydrogens is 228 g/mol. The molecule has 1 N–H and O–H groups in total. The summed E-state index contributed by atoms with van der Waals surface area (Å²) in [4.78, 5) is 4.29. The average molecular weight is 246 g/mol. The van der Waals surface area contributed by atoms with Crippen molar-refractivity contribution in [2.24, 2.45) is 0 Å². The maximum absolute atomic E-state index is 5.47. The zero-order chi connectivity index (χ0) is 12.8. The molecule has 1 aromatic carbocycles. The van der Waals surface area contributed by atoms with Gasteiger partial charge in [-0.3, -0.25) is 0 Å². The van der Waals surface area contributed by atoms with Crippen molar-refractivity contribution in [3.05, 3.63) is 24.3 Å². The van der Waals surface area contributed by atoms with E-state index in [9.17, 15) is 0 Å². The summed E-state index contributed by atoms with van der Waals surface area (Å²) in [7, 11) is 0. The first kappa shape index (κ1) is 12.7. The van der Waals surface area contributed by atoms with Crippen LogP contribution in [0.2, 0.25) is 0 Å². The molecule has 96 valence electrons. The number of rotatable bonds is 6. The molecule has 5 heteroatoms. The fraction of sp³-hybridized carbons (Fsp3) is 0.462. The van der Waals surface area contributed by atoms with Crippen molar-refractivity contribution in [1.82, 2.24) is 20.5 Å². The lowest BCUT2D eigenvalue weighted by molar-refractivity contribution is 0.281. The number of nitrogens with one attached hydrogen (secondary N) is 1. The highest BCUT2D eigenvalue weighted by atomic mass is 16.5. The summed E-state index contributed by atoms with van der Waals surface area (Å²) in [5.74, 6) is 0. The van der Waals surface area contributed by atoms with E-state index in [-0.39, 0.29) is 0 Å². The van der Waals surface area contributed by atoms with E-state index in [0.717, 1.165) is 24.0 Å². The van der Waals surface area contributed by atoms with Crippen LogP contribution in [0, 0.1) is 0 Å². The Morgan fingerprint density at radius 3 is 2.72 bits per heavy atom. The molecule has 0 unspecified atom stereocenters. The summed E-state index contributed by atoms with van der Waals surface area (Å²) in [6.07, 6.45) is 0.925. The molecule has 2 aromatic rings. The van der Waals surface area contributed by atoms with E-state index in [0.29, 0.717) is 18.7 Å². The molecule has 0 amide bonds. The van der Waals surface area contributed by atoms with Crippen molar-refractivity contribution < 1.29 is 4.74 Å². The third-order valence-corrected chi connectivity index (χ3v) is 2.45. The Balaban J connectivity index is 1.84. The fourth-order valence-corrected chi connectivity index (χ4v) is 1.55. The number of fused-ring (bicyclic) bond motifs is 1. The lowest BCUT2D eigenvalue weighted by Gasteiger charge is -2.08. The lowest BCUT2D eigenvalue weighted by Crippen LogP contribution is -2.24. The zero-order valence-corrected chi connectivity index (χ0v) is 10.8. The van der Waals surface area contributed by atoms with Crippen molar-refractivity contribution in [3.8, 4) is 6.01 Å². The molecule has 5 nitrogen and oxygen atoms in total. The minimum absolute atomic E-state index is 0.346. The second kappa shape index (κ2) is 6.26. The summed E-state index contributed by atoms with van der Waals surface area (Å²) < 4.78 is 5.47. The van der Waals surface area contributed by atoms with E-state index in [1.807, 2.05) is 24.3 Å². The van der Waals surface area contributed by atoms with E-state index in [4.69, 9.17) is 4.74 Å². The van der Waals surface area contributed by atoms with Gasteiger partial charge in [-0.25, -0.2) is 0 Å². The van der Waals surface area contributed by atoms with Gasteiger partial charge in [0, 0.05) is 6.04 Å². The summed E-state index contributed by atoms with van der Waals surface area (Å²) in [5.41, 5.74) is 1.59. The van der Waals surface area contributed by atoms with Crippen LogP contribution < -0.4 is 10.1 Å². The Kier molecular flexibility index (Phi) is 4.41. The number of para-hydroxylation sites is 1. The number of aromatic nitrogens is 3. The molecule has 0 saturated heterocycles. The Labute approximate surface area is 107 Å². The summed E-state index contributed by atoms with van der Waals surface area (Å²) >= 11 is 0. The number of hydrogen-bond donors (Lipinski definition) is 1. The Morgan fingerprint density at radius 2 is 1.94 bits per heavy atom. The quantitative estimate of drug-likeness (QED) is 0.787. The van der Waals surface area contributed by atoms with E-state index in [2.05, 4.69) is 34.3 Å². The van der Waals surface area contributed by atoms with Gasteiger partial charge in [-0.1, -0.05) is 31.1 Å². The van der Waals surface area contributed by atoms with Crippen molar-refractivity contribution in [1.29, 1.82) is 0 Å². The Morgan fingerprint density at radius 1 is 1.17 bits per heavy atom. The van der Waals surface area contributed by atoms with Crippen LogP contribution in [-0.4, -0.2) is 34.4 Å². The van der Waals surface area contributed by atoms with Gasteiger partial charge < -0.3 is 10.1 Å². The topological polar surface area (TPSA) is 59.9 Å². The maximum Gasteiger partial charge on any atom is 0.336 e. The van der Waals surface area contributed by atoms with Crippen LogP contribution in [0.5, 0.6) is 6.01 Å². The van der Waals surface area contributed by atoms with E-state index >= 15 is 0 Å². The van der Waals surface area contributed by atoms with Crippen LogP contribution in [0.3, 0.4) is 0 Å². The monoisotopic (exact) mass is 246 g/mol. The smallest absolute Gasteiger partial charge is 0.336 e. The molecule has 0 aliphatic heterocycles. The number of hydrogen-bond acceptors (Lipinski definition) is 5. The first-order chi connectivity index (χ1) is 8.75. The first-order valence-corrected chi connectivity index (χ1v) is 6.21. The molecule has 1 aromatic heterocycles. The average Bonchev–Trinajstić information content (AvgIpc) is 2.38. The minimum Gasteiger partial charge on any atom is -0.462 e. The first-order valence-electron chi connectivity index (χ1n) is 6.21. The fourth-order valence-electron chi connectivity index (χ4n) is 1.55. The molecular formula is C13H18N4O. The van der Waals surface area contributed by atoms with E-state index in [1.54, 1.807) is 0 Å². The van der Waals surface area contributed by atoms with Gasteiger partial charge in [-0.05, 0) is 25.1 Å². The Bertz CT molecular complexity index is 501. The number of nitrogens with zero attached hydrogens (tertiary/aromatic N) is 3. The van der Waals surface area contributed by atoms with Crippen LogP contribution in [0.25, 0.3) is 11.0 Å². The summed E-state index contributed by atoms with van der Waals surface area (Å²) in [5, 5.41) is 11.3. The van der Waals surface area contributed by atoms with Crippen LogP contribution in [0.15, 0.2) is 24.3 Å². The highest BCUT2D eigenvalue weighted by molar-refractivity contribution is 5.73. The predicted molar refractivity (Wildman–Crippen MR) is 70.6 cm³/mol.